The third-order valence-electron chi connectivity index (χ3n) is 27.0. The summed E-state index contributed by atoms with van der Waals surface area (Å²) in [5, 5.41) is 45.3. The zero-order chi connectivity index (χ0) is 95.1. The molecule has 19 aromatic rings. The SMILES string of the molecule is CCCCNc1ccc2c3c(cccc13)C(=O)N(CCCC)C2=O.CCN(CC)c1ccc2cc3c(oc2c1)c(C#N)c(=N)n1c2ccccc2nc31.CCN(CC)c1ccc2cc3c(oc2c1)c(C#N)c(=O)n1c2ccccc2nc31.Cn1c(=O)cc2c3c(c(NC4CCCCC4)ccc31)C(=O)c1ccccc1-2.Cn1c(=O)cc2c3c(c(NCc4ccccc4)ccc31)C(=O)c1ccccc1-2. The number of nitrogens with one attached hydrogen (secondary N) is 4. The minimum absolute atomic E-state index is 0.00852. The highest BCUT2D eigenvalue weighted by molar-refractivity contribution is 6.30. The van der Waals surface area contributed by atoms with E-state index in [2.05, 4.69) is 90.5 Å². The van der Waals surface area contributed by atoms with Crippen LogP contribution in [0.25, 0.3) is 132 Å². The number of para-hydroxylation sites is 4. The lowest BCUT2D eigenvalue weighted by Crippen LogP contribution is -2.40. The number of fused-ring (bicyclic) bond motifs is 16. The number of rotatable bonds is 18. The highest BCUT2D eigenvalue weighted by Crippen LogP contribution is 2.45. The summed E-state index contributed by atoms with van der Waals surface area (Å²) < 4.78 is 18.8. The molecule has 1 fully saturated rings. The van der Waals surface area contributed by atoms with Gasteiger partial charge in [-0.25, -0.2) is 9.97 Å². The molecule has 4 N–H and O–H groups in total. The predicted octanol–water partition coefficient (Wildman–Crippen LogP) is 22.4. The second kappa shape index (κ2) is 37.8. The van der Waals surface area contributed by atoms with E-state index in [4.69, 9.17) is 19.2 Å². The van der Waals surface area contributed by atoms with E-state index < -0.39 is 5.56 Å². The number of imide groups is 1. The molecular formula is C113H101N15O9. The van der Waals surface area contributed by atoms with Crippen LogP contribution in [-0.2, 0) is 20.6 Å². The molecule has 1 aliphatic heterocycles. The van der Waals surface area contributed by atoms with Crippen molar-refractivity contribution < 1.29 is 28.0 Å². The van der Waals surface area contributed by atoms with E-state index in [-0.39, 0.29) is 56.7 Å². The van der Waals surface area contributed by atoms with E-state index in [0.29, 0.717) is 97.0 Å². The van der Waals surface area contributed by atoms with Gasteiger partial charge in [-0.15, -0.1) is 0 Å². The molecule has 24 nitrogen and oxygen atoms in total. The van der Waals surface area contributed by atoms with Crippen molar-refractivity contribution in [1.29, 1.82) is 15.9 Å². The molecule has 1 saturated carbocycles. The van der Waals surface area contributed by atoms with Crippen molar-refractivity contribution in [2.24, 2.45) is 14.1 Å². The first-order chi connectivity index (χ1) is 66.8. The molecule has 0 radical (unpaired) electrons. The highest BCUT2D eigenvalue weighted by atomic mass is 16.3. The number of nitriles is 2. The average Bonchev–Trinajstić information content (AvgIpc) is 1.73. The molecule has 24 heteroatoms. The number of ketones is 2. The van der Waals surface area contributed by atoms with Crippen molar-refractivity contribution >= 4 is 162 Å². The first kappa shape index (κ1) is 89.6. The number of benzene rings is 11. The number of hydrogen-bond acceptors (Lipinski definition) is 19. The third kappa shape index (κ3) is 16.0. The average molecular weight is 1810 g/mol. The van der Waals surface area contributed by atoms with E-state index in [1.54, 1.807) is 39.8 Å². The zero-order valence-electron chi connectivity index (χ0n) is 77.6. The largest absolute Gasteiger partial charge is 0.454 e. The quantitative estimate of drug-likeness (QED) is 0.0352. The van der Waals surface area contributed by atoms with Gasteiger partial charge in [0, 0.05) is 173 Å². The maximum absolute atomic E-state index is 13.4. The minimum Gasteiger partial charge on any atom is -0.454 e. The van der Waals surface area contributed by atoms with Gasteiger partial charge in [-0.05, 0) is 184 Å². The fourth-order valence-electron chi connectivity index (χ4n) is 19.8. The van der Waals surface area contributed by atoms with Gasteiger partial charge in [0.1, 0.15) is 28.9 Å². The molecule has 0 unspecified atom stereocenters. The Labute approximate surface area is 788 Å². The van der Waals surface area contributed by atoms with E-state index in [0.717, 1.165) is 187 Å². The Bertz CT molecular complexity index is 8270. The first-order valence-corrected chi connectivity index (χ1v) is 47.1. The summed E-state index contributed by atoms with van der Waals surface area (Å²) >= 11 is 0. The lowest BCUT2D eigenvalue weighted by molar-refractivity contribution is 0.0608. The van der Waals surface area contributed by atoms with Crippen LogP contribution in [0.5, 0.6) is 0 Å². The summed E-state index contributed by atoms with van der Waals surface area (Å²) in [6, 6.07) is 81.5. The topological polar surface area (TPSA) is 307 Å². The van der Waals surface area contributed by atoms with Gasteiger partial charge in [-0.2, -0.15) is 10.5 Å². The lowest BCUT2D eigenvalue weighted by atomic mass is 9.83. The second-order valence-corrected chi connectivity index (χ2v) is 34.9. The number of amides is 2. The van der Waals surface area contributed by atoms with Crippen LogP contribution in [0.4, 0.5) is 28.4 Å². The Morgan fingerprint density at radius 2 is 0.920 bits per heavy atom. The summed E-state index contributed by atoms with van der Waals surface area (Å²) in [5.74, 6) is -0.307. The Morgan fingerprint density at radius 3 is 1.47 bits per heavy atom. The normalized spacial score (nSPS) is 13.0. The maximum atomic E-state index is 13.4. The molecule has 682 valence electrons. The van der Waals surface area contributed by atoms with Crippen LogP contribution in [0.1, 0.15) is 169 Å². The summed E-state index contributed by atoms with van der Waals surface area (Å²) in [6.07, 6.45) is 10.0. The molecule has 137 heavy (non-hydrogen) atoms. The van der Waals surface area contributed by atoms with Crippen LogP contribution >= 0.6 is 0 Å². The van der Waals surface area contributed by atoms with E-state index in [9.17, 15) is 44.1 Å². The number of carbonyl (C=O) groups is 4. The summed E-state index contributed by atoms with van der Waals surface area (Å²) in [5.41, 5.74) is 20.7. The fraction of sp³-hybridized carbons (Fsp3) is 0.221. The molecule has 2 amide bonds. The van der Waals surface area contributed by atoms with Gasteiger partial charge in [0.15, 0.2) is 45.1 Å². The molecule has 8 aromatic heterocycles. The van der Waals surface area contributed by atoms with Gasteiger partial charge >= 0.3 is 0 Å². The second-order valence-electron chi connectivity index (χ2n) is 34.9. The van der Waals surface area contributed by atoms with E-state index in [1.165, 1.54) is 28.6 Å². The Kier molecular flexibility index (Phi) is 24.7. The van der Waals surface area contributed by atoms with E-state index in [1.807, 2.05) is 224 Å². The molecule has 0 atom stereocenters. The van der Waals surface area contributed by atoms with E-state index >= 15 is 0 Å². The number of aryl methyl sites for hydroxylation is 2. The number of imidazole rings is 2. The van der Waals surface area contributed by atoms with Crippen molar-refractivity contribution in [2.45, 2.75) is 112 Å². The van der Waals surface area contributed by atoms with Gasteiger partial charge in [0.2, 0.25) is 0 Å². The molecule has 0 spiro atoms. The van der Waals surface area contributed by atoms with Crippen LogP contribution in [0.3, 0.4) is 0 Å². The number of hydrogen-bond donors (Lipinski definition) is 4. The molecule has 9 heterocycles. The van der Waals surface area contributed by atoms with Crippen molar-refractivity contribution in [3.8, 4) is 34.4 Å². The van der Waals surface area contributed by atoms with Crippen molar-refractivity contribution in [3.63, 3.8) is 0 Å². The van der Waals surface area contributed by atoms with Gasteiger partial charge in [-0.1, -0.05) is 161 Å². The number of carbonyl (C=O) groups excluding carboxylic acids is 4. The lowest BCUT2D eigenvalue weighted by Gasteiger charge is -2.28. The predicted molar refractivity (Wildman–Crippen MR) is 547 cm³/mol. The number of pyridine rings is 4. The molecule has 0 bridgehead atoms. The summed E-state index contributed by atoms with van der Waals surface area (Å²) in [4.78, 5) is 106. The number of nitrogens with zero attached hydrogens (tertiary/aromatic N) is 11. The summed E-state index contributed by atoms with van der Waals surface area (Å²) in [6.45, 7) is 18.2. The zero-order valence-corrected chi connectivity index (χ0v) is 77.6. The Balaban J connectivity index is 0.000000110. The fourth-order valence-corrected chi connectivity index (χ4v) is 19.8. The third-order valence-corrected chi connectivity index (χ3v) is 27.0. The minimum atomic E-state index is -0.410. The number of anilines is 5. The van der Waals surface area contributed by atoms with Gasteiger partial charge in [-0.3, -0.25) is 52.7 Å². The van der Waals surface area contributed by atoms with Crippen LogP contribution in [0.2, 0.25) is 0 Å². The molecule has 4 aliphatic rings. The van der Waals surface area contributed by atoms with Crippen LogP contribution in [0, 0.1) is 28.1 Å². The van der Waals surface area contributed by atoms with Gasteiger partial charge in [0.25, 0.3) is 28.5 Å². The molecule has 3 aliphatic carbocycles. The molecule has 23 rings (SSSR count). The molecule has 11 aromatic carbocycles. The summed E-state index contributed by atoms with van der Waals surface area (Å²) in [7, 11) is 3.51. The maximum Gasteiger partial charge on any atom is 0.278 e. The Hall–Kier alpha value is -16.6. The monoisotopic (exact) mass is 1810 g/mol. The van der Waals surface area contributed by atoms with Crippen molar-refractivity contribution in [2.75, 3.05) is 65.0 Å². The highest BCUT2D eigenvalue weighted by Gasteiger charge is 2.36. The molecule has 0 saturated heterocycles. The van der Waals surface area contributed by atoms with Crippen molar-refractivity contribution in [1.82, 2.24) is 32.8 Å². The standard InChI is InChI=1S/C24H18N2O2.C23H19N5O.C23H18N4O2.C23H22N2O2.C20H24N2O2/c1-26-20-12-11-19(25-14-15-7-3-2-4-8-15)23-22(20)18(13-21(26)27)16-9-5-6-10-17(16)24(23)28;1-3-27(4-2)15-10-9-14-11-16-21(29-20(14)12-15)17(13-24)22(25)28-19-8-6-5-7-18(19)26-23(16)28;1-3-26(4-2)15-10-9-14-11-16-21(29-20(14)12-15)17(13-24)23(28)27-19-8-6-5-7-18(19)25-22(16)27;1-25-19-12-11-18(24-14-7-3-2-4-8-14)22-21(19)17(13-20(25)26)15-9-5-6-10-16(15)23(22)27;1-3-5-12-21-17-11-10-16-18-14(17)8-7-9-15(18)19(23)22(20(16)24)13-6-4-2/h2-13,25H,14H2,1H3;5-12,25H,3-4H2,1-2H3;5-12H,3-4H2,1-2H3;5-6,9-14,24H,2-4,7-8H2,1H3;7-11,21H,3-6,12-13H2,1-2H3. The Morgan fingerprint density at radius 1 is 0.438 bits per heavy atom. The van der Waals surface area contributed by atoms with Gasteiger partial charge < -0.3 is 43.7 Å². The van der Waals surface area contributed by atoms with Gasteiger partial charge in [0.05, 0.1) is 55.0 Å². The van der Waals surface area contributed by atoms with Crippen LogP contribution in [-0.4, -0.2) is 101 Å². The number of unbranched alkanes of at least 4 members (excludes halogenated alkanes) is 2. The van der Waals surface area contributed by atoms with Crippen LogP contribution in [0.15, 0.2) is 266 Å². The molecular weight excluding hydrogens is 1710 g/mol. The smallest absolute Gasteiger partial charge is 0.278 e. The van der Waals surface area contributed by atoms with Crippen LogP contribution < -0.4 is 47.9 Å². The first-order valence-electron chi connectivity index (χ1n) is 47.1. The number of aromatic nitrogens is 6. The van der Waals surface area contributed by atoms with Crippen molar-refractivity contribution in [3.05, 3.63) is 329 Å².